The van der Waals surface area contributed by atoms with Crippen molar-refractivity contribution in [1.29, 1.82) is 0 Å². The number of benzene rings is 1. The lowest BCUT2D eigenvalue weighted by molar-refractivity contribution is 0.393. The number of hydrogen-bond donors (Lipinski definition) is 2. The predicted molar refractivity (Wildman–Crippen MR) is 77.6 cm³/mol. The first-order valence-corrected chi connectivity index (χ1v) is 7.32. The molecule has 1 unspecified atom stereocenters. The van der Waals surface area contributed by atoms with E-state index >= 15 is 0 Å². The SMILES string of the molecule is CCc1cc(Br)ccc1NCC1CCCNC1. The number of nitrogens with one attached hydrogen (secondary N) is 2. The summed E-state index contributed by atoms with van der Waals surface area (Å²) in [6.07, 6.45) is 3.73. The summed E-state index contributed by atoms with van der Waals surface area (Å²) in [5.74, 6) is 0.775. The Labute approximate surface area is 112 Å². The summed E-state index contributed by atoms with van der Waals surface area (Å²) in [5.41, 5.74) is 2.68. The number of piperidine rings is 1. The molecular weight excluding hydrogens is 276 g/mol. The molecule has 0 aromatic heterocycles. The Hall–Kier alpha value is -0.540. The van der Waals surface area contributed by atoms with Gasteiger partial charge in [0.2, 0.25) is 0 Å². The lowest BCUT2D eigenvalue weighted by Crippen LogP contribution is -2.33. The molecule has 0 bridgehead atoms. The van der Waals surface area contributed by atoms with Gasteiger partial charge in [-0.3, -0.25) is 0 Å². The van der Waals surface area contributed by atoms with Crippen molar-refractivity contribution in [3.05, 3.63) is 28.2 Å². The van der Waals surface area contributed by atoms with Crippen LogP contribution in [0.4, 0.5) is 5.69 Å². The van der Waals surface area contributed by atoms with Crippen LogP contribution >= 0.6 is 15.9 Å². The van der Waals surface area contributed by atoms with E-state index in [1.54, 1.807) is 0 Å². The molecule has 2 rings (SSSR count). The zero-order valence-corrected chi connectivity index (χ0v) is 12.0. The second-order valence-corrected chi connectivity index (χ2v) is 5.66. The van der Waals surface area contributed by atoms with Gasteiger partial charge in [0.25, 0.3) is 0 Å². The molecule has 0 aliphatic carbocycles. The number of rotatable bonds is 4. The minimum atomic E-state index is 0.775. The van der Waals surface area contributed by atoms with E-state index in [1.807, 2.05) is 0 Å². The molecule has 0 spiro atoms. The highest BCUT2D eigenvalue weighted by Gasteiger charge is 2.12. The molecule has 2 nitrogen and oxygen atoms in total. The quantitative estimate of drug-likeness (QED) is 0.890. The molecule has 1 heterocycles. The molecule has 94 valence electrons. The van der Waals surface area contributed by atoms with Gasteiger partial charge in [-0.05, 0) is 62.0 Å². The third-order valence-electron chi connectivity index (χ3n) is 3.43. The summed E-state index contributed by atoms with van der Waals surface area (Å²) in [5, 5.41) is 7.06. The summed E-state index contributed by atoms with van der Waals surface area (Å²) in [6, 6.07) is 6.50. The van der Waals surface area contributed by atoms with E-state index in [9.17, 15) is 0 Å². The van der Waals surface area contributed by atoms with Crippen LogP contribution in [0, 0.1) is 5.92 Å². The fourth-order valence-electron chi connectivity index (χ4n) is 2.38. The monoisotopic (exact) mass is 296 g/mol. The summed E-state index contributed by atoms with van der Waals surface area (Å²) < 4.78 is 1.17. The summed E-state index contributed by atoms with van der Waals surface area (Å²) in [7, 11) is 0. The molecule has 0 radical (unpaired) electrons. The maximum atomic E-state index is 3.60. The van der Waals surface area contributed by atoms with Crippen molar-refractivity contribution < 1.29 is 0 Å². The fourth-order valence-corrected chi connectivity index (χ4v) is 2.79. The lowest BCUT2D eigenvalue weighted by Gasteiger charge is -2.24. The minimum absolute atomic E-state index is 0.775. The molecule has 17 heavy (non-hydrogen) atoms. The third-order valence-corrected chi connectivity index (χ3v) is 3.92. The molecule has 1 aliphatic rings. The first-order chi connectivity index (χ1) is 8.29. The average Bonchev–Trinajstić information content (AvgIpc) is 2.38. The van der Waals surface area contributed by atoms with Gasteiger partial charge >= 0.3 is 0 Å². The molecule has 0 saturated carbocycles. The van der Waals surface area contributed by atoms with Crippen LogP contribution in [-0.4, -0.2) is 19.6 Å². The highest BCUT2D eigenvalue weighted by molar-refractivity contribution is 9.10. The van der Waals surface area contributed by atoms with Gasteiger partial charge in [-0.1, -0.05) is 22.9 Å². The Morgan fingerprint density at radius 3 is 3.06 bits per heavy atom. The normalized spacial score (nSPS) is 20.2. The van der Waals surface area contributed by atoms with Crippen LogP contribution < -0.4 is 10.6 Å². The van der Waals surface area contributed by atoms with Crippen molar-refractivity contribution in [2.45, 2.75) is 26.2 Å². The summed E-state index contributed by atoms with van der Waals surface area (Å²) in [6.45, 7) is 5.64. The maximum absolute atomic E-state index is 3.60. The molecule has 1 aromatic rings. The molecule has 1 aliphatic heterocycles. The van der Waals surface area contributed by atoms with Gasteiger partial charge in [-0.25, -0.2) is 0 Å². The van der Waals surface area contributed by atoms with Crippen molar-refractivity contribution in [1.82, 2.24) is 5.32 Å². The second-order valence-electron chi connectivity index (χ2n) is 4.75. The Morgan fingerprint density at radius 2 is 2.35 bits per heavy atom. The van der Waals surface area contributed by atoms with Crippen molar-refractivity contribution in [2.24, 2.45) is 5.92 Å². The molecule has 0 amide bonds. The maximum Gasteiger partial charge on any atom is 0.0373 e. The van der Waals surface area contributed by atoms with Gasteiger partial charge in [-0.15, -0.1) is 0 Å². The highest BCUT2D eigenvalue weighted by atomic mass is 79.9. The Morgan fingerprint density at radius 1 is 1.47 bits per heavy atom. The average molecular weight is 297 g/mol. The van der Waals surface area contributed by atoms with Gasteiger partial charge in [0, 0.05) is 16.7 Å². The molecule has 1 saturated heterocycles. The van der Waals surface area contributed by atoms with Crippen molar-refractivity contribution >= 4 is 21.6 Å². The molecular formula is C14H21BrN2. The molecule has 2 N–H and O–H groups in total. The lowest BCUT2D eigenvalue weighted by atomic mass is 9.99. The molecule has 1 fully saturated rings. The van der Waals surface area contributed by atoms with Crippen LogP contribution in [0.25, 0.3) is 0 Å². The van der Waals surface area contributed by atoms with E-state index in [1.165, 1.54) is 35.1 Å². The van der Waals surface area contributed by atoms with Gasteiger partial charge in [0.1, 0.15) is 0 Å². The third kappa shape index (κ3) is 3.71. The van der Waals surface area contributed by atoms with E-state index < -0.39 is 0 Å². The van der Waals surface area contributed by atoms with Crippen LogP contribution in [0.1, 0.15) is 25.3 Å². The number of aryl methyl sites for hydroxylation is 1. The minimum Gasteiger partial charge on any atom is -0.384 e. The Kier molecular flexibility index (Phi) is 4.86. The first-order valence-electron chi connectivity index (χ1n) is 6.52. The van der Waals surface area contributed by atoms with Crippen LogP contribution in [0.15, 0.2) is 22.7 Å². The zero-order chi connectivity index (χ0) is 12.1. The predicted octanol–water partition coefficient (Wildman–Crippen LogP) is 3.42. The number of anilines is 1. The van der Waals surface area contributed by atoms with Gasteiger partial charge in [0.15, 0.2) is 0 Å². The topological polar surface area (TPSA) is 24.1 Å². The van der Waals surface area contributed by atoms with Crippen molar-refractivity contribution in [3.63, 3.8) is 0 Å². The van der Waals surface area contributed by atoms with Crippen LogP contribution in [0.2, 0.25) is 0 Å². The standard InChI is InChI=1S/C14H21BrN2/c1-2-12-8-13(15)5-6-14(12)17-10-11-4-3-7-16-9-11/h5-6,8,11,16-17H,2-4,7,9-10H2,1H3. The van der Waals surface area contributed by atoms with E-state index in [-0.39, 0.29) is 0 Å². The van der Waals surface area contributed by atoms with Crippen molar-refractivity contribution in [3.8, 4) is 0 Å². The van der Waals surface area contributed by atoms with Crippen LogP contribution in [-0.2, 0) is 6.42 Å². The van der Waals surface area contributed by atoms with Gasteiger partial charge < -0.3 is 10.6 Å². The fraction of sp³-hybridized carbons (Fsp3) is 0.571. The van der Waals surface area contributed by atoms with Crippen molar-refractivity contribution in [2.75, 3.05) is 25.0 Å². The van der Waals surface area contributed by atoms with E-state index in [0.717, 1.165) is 25.4 Å². The van der Waals surface area contributed by atoms with Crippen LogP contribution in [0.5, 0.6) is 0 Å². The number of hydrogen-bond acceptors (Lipinski definition) is 2. The van der Waals surface area contributed by atoms with E-state index in [2.05, 4.69) is 51.7 Å². The molecule has 3 heteroatoms. The molecule has 1 aromatic carbocycles. The Bertz CT molecular complexity index is 359. The van der Waals surface area contributed by atoms with Crippen LogP contribution in [0.3, 0.4) is 0 Å². The smallest absolute Gasteiger partial charge is 0.0373 e. The largest absolute Gasteiger partial charge is 0.384 e. The highest BCUT2D eigenvalue weighted by Crippen LogP contribution is 2.22. The first kappa shape index (κ1) is 12.9. The van der Waals surface area contributed by atoms with E-state index in [0.29, 0.717) is 0 Å². The van der Waals surface area contributed by atoms with Gasteiger partial charge in [0.05, 0.1) is 0 Å². The van der Waals surface area contributed by atoms with E-state index in [4.69, 9.17) is 0 Å². The summed E-state index contributed by atoms with van der Waals surface area (Å²) in [4.78, 5) is 0. The number of halogens is 1. The Balaban J connectivity index is 1.93. The molecule has 1 atom stereocenters. The zero-order valence-electron chi connectivity index (χ0n) is 10.4. The van der Waals surface area contributed by atoms with Gasteiger partial charge in [-0.2, -0.15) is 0 Å². The summed E-state index contributed by atoms with van der Waals surface area (Å²) >= 11 is 3.53. The second kappa shape index (κ2) is 6.41.